The van der Waals surface area contributed by atoms with Crippen LogP contribution in [0.25, 0.3) is 11.0 Å². The number of nitrogens with zero attached hydrogens (tertiary/aromatic N) is 3. The van der Waals surface area contributed by atoms with E-state index >= 15 is 0 Å². The van der Waals surface area contributed by atoms with Crippen molar-refractivity contribution in [3.63, 3.8) is 0 Å². The third-order valence-electron chi connectivity index (χ3n) is 3.96. The van der Waals surface area contributed by atoms with Crippen LogP contribution in [0.1, 0.15) is 21.5 Å². The lowest BCUT2D eigenvalue weighted by Gasteiger charge is -2.01. The molecule has 6 heteroatoms. The molecule has 0 saturated carbocycles. The number of nitrogens with one attached hydrogen (secondary N) is 1. The van der Waals surface area contributed by atoms with Crippen molar-refractivity contribution in [3.8, 4) is 0 Å². The van der Waals surface area contributed by atoms with Crippen LogP contribution >= 0.6 is 0 Å². The highest BCUT2D eigenvalue weighted by molar-refractivity contribution is 5.95. The van der Waals surface area contributed by atoms with E-state index in [9.17, 15) is 9.59 Å². The number of hydrogen-bond donors (Lipinski definition) is 1. The van der Waals surface area contributed by atoms with Crippen molar-refractivity contribution < 1.29 is 4.79 Å². The molecule has 0 atom stereocenters. The fourth-order valence-electron chi connectivity index (χ4n) is 2.62. The summed E-state index contributed by atoms with van der Waals surface area (Å²) in [7, 11) is 3.46. The van der Waals surface area contributed by atoms with Crippen molar-refractivity contribution in [1.29, 1.82) is 0 Å². The maximum absolute atomic E-state index is 12.0. The third kappa shape index (κ3) is 2.86. The first kappa shape index (κ1) is 15.7. The van der Waals surface area contributed by atoms with Gasteiger partial charge in [-0.2, -0.15) is 5.10 Å². The summed E-state index contributed by atoms with van der Waals surface area (Å²) >= 11 is 0. The van der Waals surface area contributed by atoms with Crippen LogP contribution in [-0.4, -0.2) is 21.3 Å². The Morgan fingerprint density at radius 1 is 1.08 bits per heavy atom. The molecule has 24 heavy (non-hydrogen) atoms. The number of aryl methyl sites for hydroxylation is 3. The van der Waals surface area contributed by atoms with E-state index in [2.05, 4.69) is 10.5 Å². The van der Waals surface area contributed by atoms with E-state index in [1.54, 1.807) is 41.6 Å². The van der Waals surface area contributed by atoms with Gasteiger partial charge in [0.15, 0.2) is 0 Å². The van der Waals surface area contributed by atoms with Gasteiger partial charge >= 0.3 is 5.69 Å². The minimum absolute atomic E-state index is 0.0770. The lowest BCUT2D eigenvalue weighted by molar-refractivity contribution is 0.0955. The van der Waals surface area contributed by atoms with Crippen LogP contribution in [0.4, 0.5) is 0 Å². The molecule has 0 aliphatic carbocycles. The fraction of sp³-hybridized carbons (Fsp3) is 0.167. The summed E-state index contributed by atoms with van der Waals surface area (Å²) in [5, 5.41) is 3.99. The molecular weight excluding hydrogens is 304 g/mol. The second kappa shape index (κ2) is 6.16. The first-order valence-electron chi connectivity index (χ1n) is 7.53. The normalized spacial score (nSPS) is 11.3. The number of hydrogen-bond acceptors (Lipinski definition) is 3. The molecule has 1 heterocycles. The first-order chi connectivity index (χ1) is 11.5. The quantitative estimate of drug-likeness (QED) is 0.591. The van der Waals surface area contributed by atoms with E-state index in [0.717, 1.165) is 22.2 Å². The molecular formula is C18H18N4O2. The summed E-state index contributed by atoms with van der Waals surface area (Å²) in [4.78, 5) is 24.0. The Morgan fingerprint density at radius 3 is 2.58 bits per heavy atom. The number of hydrazone groups is 1. The van der Waals surface area contributed by atoms with Gasteiger partial charge in [-0.25, -0.2) is 10.2 Å². The van der Waals surface area contributed by atoms with Gasteiger partial charge in [-0.3, -0.25) is 13.9 Å². The molecule has 0 spiro atoms. The summed E-state index contributed by atoms with van der Waals surface area (Å²) in [5.41, 5.74) is 6.48. The second-order valence-electron chi connectivity index (χ2n) is 5.72. The number of fused-ring (bicyclic) bond motifs is 1. The maximum Gasteiger partial charge on any atom is 0.328 e. The fourth-order valence-corrected chi connectivity index (χ4v) is 2.62. The van der Waals surface area contributed by atoms with Crippen molar-refractivity contribution >= 4 is 23.2 Å². The zero-order valence-electron chi connectivity index (χ0n) is 13.8. The summed E-state index contributed by atoms with van der Waals surface area (Å²) in [5.74, 6) is -0.261. The standard InChI is InChI=1S/C18H18N4O2/c1-12-5-4-6-14(9-12)17(23)20-19-11-13-7-8-15-16(10-13)22(3)18(24)21(15)2/h4-11H,1-3H3,(H,20,23). The lowest BCUT2D eigenvalue weighted by Crippen LogP contribution is -2.19. The van der Waals surface area contributed by atoms with Crippen LogP contribution in [-0.2, 0) is 14.1 Å². The van der Waals surface area contributed by atoms with E-state index in [1.165, 1.54) is 0 Å². The topological polar surface area (TPSA) is 68.4 Å². The van der Waals surface area contributed by atoms with Gasteiger partial charge in [-0.05, 0) is 36.8 Å². The molecule has 0 bridgehead atoms. The van der Waals surface area contributed by atoms with Crippen molar-refractivity contribution in [1.82, 2.24) is 14.6 Å². The number of aromatic nitrogens is 2. The number of imidazole rings is 1. The van der Waals surface area contributed by atoms with Crippen molar-refractivity contribution in [2.75, 3.05) is 0 Å². The van der Waals surface area contributed by atoms with Crippen LogP contribution in [0.15, 0.2) is 52.4 Å². The van der Waals surface area contributed by atoms with Crippen molar-refractivity contribution in [2.24, 2.45) is 19.2 Å². The highest BCUT2D eigenvalue weighted by Crippen LogP contribution is 2.12. The summed E-state index contributed by atoms with van der Waals surface area (Å²) in [6.45, 7) is 1.93. The Balaban J connectivity index is 1.80. The van der Waals surface area contributed by atoms with E-state index in [-0.39, 0.29) is 11.6 Å². The van der Waals surface area contributed by atoms with Gasteiger partial charge < -0.3 is 0 Å². The number of rotatable bonds is 3. The van der Waals surface area contributed by atoms with E-state index in [4.69, 9.17) is 0 Å². The Morgan fingerprint density at radius 2 is 1.83 bits per heavy atom. The number of benzene rings is 2. The number of amides is 1. The molecule has 0 unspecified atom stereocenters. The number of carbonyl (C=O) groups is 1. The average molecular weight is 322 g/mol. The maximum atomic E-state index is 12.0. The van der Waals surface area contributed by atoms with Gasteiger partial charge in [0.05, 0.1) is 17.2 Å². The van der Waals surface area contributed by atoms with Crippen LogP contribution < -0.4 is 11.1 Å². The van der Waals surface area contributed by atoms with Gasteiger partial charge in [-0.15, -0.1) is 0 Å². The molecule has 1 aromatic heterocycles. The minimum atomic E-state index is -0.261. The molecule has 3 rings (SSSR count). The van der Waals surface area contributed by atoms with Gasteiger partial charge in [0.1, 0.15) is 0 Å². The van der Waals surface area contributed by atoms with Crippen LogP contribution in [0.5, 0.6) is 0 Å². The van der Waals surface area contributed by atoms with E-state index in [0.29, 0.717) is 5.56 Å². The summed E-state index contributed by atoms with van der Waals surface area (Å²) in [6, 6.07) is 12.9. The van der Waals surface area contributed by atoms with Crippen molar-refractivity contribution in [3.05, 3.63) is 69.6 Å². The minimum Gasteiger partial charge on any atom is -0.295 e. The zero-order valence-corrected chi connectivity index (χ0v) is 13.8. The largest absolute Gasteiger partial charge is 0.328 e. The molecule has 1 N–H and O–H groups in total. The summed E-state index contributed by atoms with van der Waals surface area (Å²) in [6.07, 6.45) is 1.56. The van der Waals surface area contributed by atoms with Crippen LogP contribution in [0.2, 0.25) is 0 Å². The van der Waals surface area contributed by atoms with Crippen molar-refractivity contribution in [2.45, 2.75) is 6.92 Å². The molecule has 2 aromatic carbocycles. The second-order valence-corrected chi connectivity index (χ2v) is 5.72. The molecule has 0 aliphatic rings. The zero-order chi connectivity index (χ0) is 17.3. The smallest absolute Gasteiger partial charge is 0.295 e. The Kier molecular flexibility index (Phi) is 4.04. The Hall–Kier alpha value is -3.15. The molecule has 1 amide bonds. The summed E-state index contributed by atoms with van der Waals surface area (Å²) < 4.78 is 3.17. The molecule has 0 radical (unpaired) electrons. The molecule has 0 aliphatic heterocycles. The Labute approximate surface area is 139 Å². The molecule has 0 fully saturated rings. The van der Waals surface area contributed by atoms with Gasteiger partial charge in [0, 0.05) is 19.7 Å². The lowest BCUT2D eigenvalue weighted by atomic mass is 10.1. The predicted molar refractivity (Wildman–Crippen MR) is 94.4 cm³/mol. The number of carbonyl (C=O) groups excluding carboxylic acids is 1. The molecule has 122 valence electrons. The Bertz CT molecular complexity index is 1010. The van der Waals surface area contributed by atoms with E-state index in [1.807, 2.05) is 37.3 Å². The predicted octanol–water partition coefficient (Wildman–Crippen LogP) is 1.95. The molecule has 3 aromatic rings. The van der Waals surface area contributed by atoms with Gasteiger partial charge in [0.25, 0.3) is 5.91 Å². The first-order valence-corrected chi connectivity index (χ1v) is 7.53. The highest BCUT2D eigenvalue weighted by atomic mass is 16.2. The SMILES string of the molecule is Cc1cccc(C(=O)NN=Cc2ccc3c(c2)n(C)c(=O)n3C)c1. The average Bonchev–Trinajstić information content (AvgIpc) is 2.79. The molecule has 6 nitrogen and oxygen atoms in total. The third-order valence-corrected chi connectivity index (χ3v) is 3.96. The van der Waals surface area contributed by atoms with E-state index < -0.39 is 0 Å². The monoisotopic (exact) mass is 322 g/mol. The van der Waals surface area contributed by atoms with Gasteiger partial charge in [0.2, 0.25) is 0 Å². The molecule has 0 saturated heterocycles. The van der Waals surface area contributed by atoms with Crippen LogP contribution in [0.3, 0.4) is 0 Å². The highest BCUT2D eigenvalue weighted by Gasteiger charge is 2.07. The van der Waals surface area contributed by atoms with Gasteiger partial charge in [-0.1, -0.05) is 23.8 Å². The van der Waals surface area contributed by atoms with Crippen LogP contribution in [0, 0.1) is 6.92 Å².